The van der Waals surface area contributed by atoms with E-state index < -0.39 is 0 Å². The van der Waals surface area contributed by atoms with E-state index in [2.05, 4.69) is 15.2 Å². The molecule has 0 saturated carbocycles. The van der Waals surface area contributed by atoms with Crippen LogP contribution in [0, 0.1) is 0 Å². The lowest BCUT2D eigenvalue weighted by Gasteiger charge is -2.18. The number of hydrogen-bond acceptors (Lipinski definition) is 5. The van der Waals surface area contributed by atoms with Gasteiger partial charge in [0.2, 0.25) is 0 Å². The Labute approximate surface area is 121 Å². The van der Waals surface area contributed by atoms with E-state index >= 15 is 0 Å². The summed E-state index contributed by atoms with van der Waals surface area (Å²) >= 11 is 1.64. The Hall–Kier alpha value is -1.92. The Morgan fingerprint density at radius 3 is 3.10 bits per heavy atom. The minimum Gasteiger partial charge on any atom is -0.482 e. The predicted octanol–water partition coefficient (Wildman–Crippen LogP) is 2.20. The van der Waals surface area contributed by atoms with Gasteiger partial charge in [0.05, 0.1) is 11.4 Å². The van der Waals surface area contributed by atoms with Gasteiger partial charge in [-0.2, -0.15) is 0 Å². The van der Waals surface area contributed by atoms with E-state index in [0.29, 0.717) is 11.4 Å². The summed E-state index contributed by atoms with van der Waals surface area (Å²) in [7, 11) is 4.04. The van der Waals surface area contributed by atoms with Crippen molar-refractivity contribution < 1.29 is 9.53 Å². The number of thiazole rings is 1. The minimum absolute atomic E-state index is 0.0794. The van der Waals surface area contributed by atoms with E-state index in [0.717, 1.165) is 22.8 Å². The molecule has 0 radical (unpaired) electrons. The van der Waals surface area contributed by atoms with Crippen molar-refractivity contribution >= 4 is 22.9 Å². The number of ether oxygens (including phenoxy) is 1. The van der Waals surface area contributed by atoms with Crippen LogP contribution in [0.2, 0.25) is 0 Å². The van der Waals surface area contributed by atoms with Gasteiger partial charge in [-0.1, -0.05) is 0 Å². The van der Waals surface area contributed by atoms with Crippen molar-refractivity contribution in [3.63, 3.8) is 0 Å². The lowest BCUT2D eigenvalue weighted by atomic mass is 10.1. The van der Waals surface area contributed by atoms with Crippen LogP contribution in [0.5, 0.6) is 5.75 Å². The average molecular weight is 289 g/mol. The Kier molecular flexibility index (Phi) is 3.42. The molecule has 1 aromatic heterocycles. The van der Waals surface area contributed by atoms with Gasteiger partial charge in [0.1, 0.15) is 10.8 Å². The lowest BCUT2D eigenvalue weighted by Crippen LogP contribution is -2.25. The quantitative estimate of drug-likeness (QED) is 0.941. The van der Waals surface area contributed by atoms with E-state index in [1.165, 1.54) is 0 Å². The van der Waals surface area contributed by atoms with Crippen molar-refractivity contribution in [1.29, 1.82) is 0 Å². The highest BCUT2D eigenvalue weighted by molar-refractivity contribution is 7.09. The number of amides is 1. The van der Waals surface area contributed by atoms with E-state index in [1.54, 1.807) is 11.3 Å². The van der Waals surface area contributed by atoms with Gasteiger partial charge >= 0.3 is 0 Å². The van der Waals surface area contributed by atoms with Crippen LogP contribution in [-0.2, 0) is 11.3 Å². The third-order valence-electron chi connectivity index (χ3n) is 2.91. The summed E-state index contributed by atoms with van der Waals surface area (Å²) in [5.74, 6) is 0.582. The smallest absolute Gasteiger partial charge is 0.262 e. The number of fused-ring (bicyclic) bond motifs is 1. The third-order valence-corrected chi connectivity index (χ3v) is 3.74. The van der Waals surface area contributed by atoms with Crippen LogP contribution in [0.3, 0.4) is 0 Å². The fraction of sp³-hybridized carbons (Fsp3) is 0.286. The number of carbonyl (C=O) groups is 1. The Bertz CT molecular complexity index is 652. The molecule has 1 amide bonds. The molecule has 1 aliphatic rings. The van der Waals surface area contributed by atoms with E-state index in [-0.39, 0.29) is 12.5 Å². The molecule has 0 bridgehead atoms. The highest BCUT2D eigenvalue weighted by Gasteiger charge is 2.17. The molecule has 20 heavy (non-hydrogen) atoms. The molecule has 5 nitrogen and oxygen atoms in total. The molecule has 104 valence electrons. The van der Waals surface area contributed by atoms with Crippen LogP contribution in [0.4, 0.5) is 5.69 Å². The zero-order valence-corrected chi connectivity index (χ0v) is 12.2. The van der Waals surface area contributed by atoms with Gasteiger partial charge in [0.25, 0.3) is 5.91 Å². The maximum Gasteiger partial charge on any atom is 0.262 e. The van der Waals surface area contributed by atoms with Crippen LogP contribution >= 0.6 is 11.3 Å². The monoisotopic (exact) mass is 289 g/mol. The van der Waals surface area contributed by atoms with E-state index in [1.807, 2.05) is 37.7 Å². The summed E-state index contributed by atoms with van der Waals surface area (Å²) in [5.41, 5.74) is 2.62. The molecule has 0 saturated heterocycles. The van der Waals surface area contributed by atoms with Gasteiger partial charge in [-0.3, -0.25) is 4.79 Å². The molecule has 2 aromatic rings. The van der Waals surface area contributed by atoms with Gasteiger partial charge in [0, 0.05) is 17.5 Å². The molecule has 6 heteroatoms. The number of aromatic nitrogens is 1. The summed E-state index contributed by atoms with van der Waals surface area (Å²) in [6.07, 6.45) is 0. The maximum absolute atomic E-state index is 11.3. The van der Waals surface area contributed by atoms with Crippen molar-refractivity contribution in [2.75, 3.05) is 26.0 Å². The molecule has 0 fully saturated rings. The standard InChI is InChI=1S/C14H15N3O2S/c1-17(2)6-14-16-11(8-20-14)9-3-4-12-10(5-9)15-13(18)7-19-12/h3-5,8H,6-7H2,1-2H3,(H,15,18). The highest BCUT2D eigenvalue weighted by atomic mass is 32.1. The Morgan fingerprint density at radius 2 is 2.30 bits per heavy atom. The summed E-state index contributed by atoms with van der Waals surface area (Å²) in [4.78, 5) is 18.0. The van der Waals surface area contributed by atoms with E-state index in [4.69, 9.17) is 4.74 Å². The van der Waals surface area contributed by atoms with Gasteiger partial charge in [-0.15, -0.1) is 11.3 Å². The maximum atomic E-state index is 11.3. The van der Waals surface area contributed by atoms with Crippen LogP contribution in [0.1, 0.15) is 5.01 Å². The minimum atomic E-state index is -0.124. The number of nitrogens with one attached hydrogen (secondary N) is 1. The molecular formula is C14H15N3O2S. The second kappa shape index (κ2) is 5.22. The number of hydrogen-bond donors (Lipinski definition) is 1. The number of rotatable bonds is 3. The third kappa shape index (κ3) is 2.66. The normalized spacial score (nSPS) is 13.8. The first kappa shape index (κ1) is 13.1. The topological polar surface area (TPSA) is 54.5 Å². The molecule has 0 aliphatic carbocycles. The number of nitrogens with zero attached hydrogens (tertiary/aromatic N) is 2. The molecule has 0 unspecified atom stereocenters. The van der Waals surface area contributed by atoms with Crippen LogP contribution in [0.25, 0.3) is 11.3 Å². The fourth-order valence-corrected chi connectivity index (χ4v) is 2.95. The molecule has 1 aliphatic heterocycles. The zero-order chi connectivity index (χ0) is 14.1. The molecule has 0 spiro atoms. The van der Waals surface area contributed by atoms with E-state index in [9.17, 15) is 4.79 Å². The SMILES string of the molecule is CN(C)Cc1nc(-c2ccc3c(c2)NC(=O)CO3)cs1. The summed E-state index contributed by atoms with van der Waals surface area (Å²) in [6, 6.07) is 5.74. The summed E-state index contributed by atoms with van der Waals surface area (Å²) in [6.45, 7) is 0.908. The molecule has 1 N–H and O–H groups in total. The second-order valence-electron chi connectivity index (χ2n) is 4.91. The number of anilines is 1. The first-order chi connectivity index (χ1) is 9.61. The number of benzene rings is 1. The van der Waals surface area contributed by atoms with Crippen LogP contribution < -0.4 is 10.1 Å². The van der Waals surface area contributed by atoms with Crippen molar-refractivity contribution in [3.05, 3.63) is 28.6 Å². The van der Waals surface area contributed by atoms with Crippen molar-refractivity contribution in [2.45, 2.75) is 6.54 Å². The summed E-state index contributed by atoms with van der Waals surface area (Å²) in [5, 5.41) is 5.92. The van der Waals surface area contributed by atoms with Crippen LogP contribution in [-0.4, -0.2) is 36.5 Å². The number of carbonyl (C=O) groups excluding carboxylic acids is 1. The Balaban J connectivity index is 1.89. The zero-order valence-electron chi connectivity index (χ0n) is 11.3. The molecule has 0 atom stereocenters. The van der Waals surface area contributed by atoms with Gasteiger partial charge in [0.15, 0.2) is 6.61 Å². The van der Waals surface area contributed by atoms with Crippen molar-refractivity contribution in [2.24, 2.45) is 0 Å². The van der Waals surface area contributed by atoms with Gasteiger partial charge < -0.3 is 15.0 Å². The predicted molar refractivity (Wildman–Crippen MR) is 79.1 cm³/mol. The first-order valence-electron chi connectivity index (χ1n) is 6.28. The fourth-order valence-electron chi connectivity index (χ4n) is 2.03. The largest absolute Gasteiger partial charge is 0.482 e. The lowest BCUT2D eigenvalue weighted by molar-refractivity contribution is -0.118. The van der Waals surface area contributed by atoms with Gasteiger partial charge in [-0.25, -0.2) is 4.98 Å². The van der Waals surface area contributed by atoms with Crippen LogP contribution in [0.15, 0.2) is 23.6 Å². The van der Waals surface area contributed by atoms with Crippen molar-refractivity contribution in [1.82, 2.24) is 9.88 Å². The highest BCUT2D eigenvalue weighted by Crippen LogP contribution is 2.33. The molecular weight excluding hydrogens is 274 g/mol. The van der Waals surface area contributed by atoms with Crippen molar-refractivity contribution in [3.8, 4) is 17.0 Å². The first-order valence-corrected chi connectivity index (χ1v) is 7.16. The Morgan fingerprint density at radius 1 is 1.45 bits per heavy atom. The molecule has 3 rings (SSSR count). The summed E-state index contributed by atoms with van der Waals surface area (Å²) < 4.78 is 5.35. The molecule has 1 aromatic carbocycles. The average Bonchev–Trinajstić information content (AvgIpc) is 2.85. The molecule has 2 heterocycles. The second-order valence-corrected chi connectivity index (χ2v) is 5.85. The van der Waals surface area contributed by atoms with Gasteiger partial charge in [-0.05, 0) is 32.3 Å².